The van der Waals surface area contributed by atoms with Gasteiger partial charge in [0.2, 0.25) is 0 Å². The first kappa shape index (κ1) is 23.5. The van der Waals surface area contributed by atoms with Gasteiger partial charge < -0.3 is 4.57 Å². The molecule has 2 nitrogen and oxygen atoms in total. The van der Waals surface area contributed by atoms with E-state index in [-0.39, 0.29) is 0 Å². The molecule has 0 saturated carbocycles. The second kappa shape index (κ2) is 9.15. The molecule has 0 fully saturated rings. The fourth-order valence-corrected chi connectivity index (χ4v) is 7.59. The lowest BCUT2D eigenvalue weighted by Crippen LogP contribution is -2.01. The van der Waals surface area contributed by atoms with Gasteiger partial charge >= 0.3 is 0 Å². The maximum absolute atomic E-state index is 4.53. The van der Waals surface area contributed by atoms with E-state index in [4.69, 9.17) is 0 Å². The Bertz CT molecular complexity index is 2300. The average Bonchev–Trinajstić information content (AvgIpc) is 3.58. The smallest absolute Gasteiger partial charge is 0.0645 e. The van der Waals surface area contributed by atoms with Gasteiger partial charge in [-0.3, -0.25) is 4.98 Å². The quantitative estimate of drug-likeness (QED) is 0.219. The highest BCUT2D eigenvalue weighted by molar-refractivity contribution is 6.28. The molecule has 0 radical (unpaired) electrons. The molecule has 2 heteroatoms. The van der Waals surface area contributed by atoms with E-state index in [1.54, 1.807) is 0 Å². The molecular formula is C40H28N2. The van der Waals surface area contributed by atoms with Crippen molar-refractivity contribution >= 4 is 43.4 Å². The predicted molar refractivity (Wildman–Crippen MR) is 176 cm³/mol. The number of rotatable bonds is 4. The van der Waals surface area contributed by atoms with Crippen molar-refractivity contribution in [2.24, 2.45) is 0 Å². The summed E-state index contributed by atoms with van der Waals surface area (Å²) in [5.74, 6) is 0.314. The summed E-state index contributed by atoms with van der Waals surface area (Å²) in [6.07, 6.45) is 5.95. The lowest BCUT2D eigenvalue weighted by atomic mass is 9.86. The number of benzene rings is 6. The lowest BCUT2D eigenvalue weighted by molar-refractivity contribution is 0.734. The van der Waals surface area contributed by atoms with Crippen molar-refractivity contribution in [3.63, 3.8) is 0 Å². The number of hydrogen-bond acceptors (Lipinski definition) is 1. The Balaban J connectivity index is 1.47. The van der Waals surface area contributed by atoms with Crippen LogP contribution in [0.15, 0.2) is 140 Å². The van der Waals surface area contributed by atoms with Crippen molar-refractivity contribution in [1.29, 1.82) is 0 Å². The number of hydrogen-bond donors (Lipinski definition) is 0. The van der Waals surface area contributed by atoms with Crippen molar-refractivity contribution < 1.29 is 0 Å². The molecule has 8 aromatic rings. The molecule has 1 atom stereocenters. The number of aromatic nitrogens is 2. The van der Waals surface area contributed by atoms with Crippen LogP contribution in [0.3, 0.4) is 0 Å². The molecule has 9 rings (SSSR count). The molecule has 198 valence electrons. The van der Waals surface area contributed by atoms with Crippen LogP contribution in [0.5, 0.6) is 0 Å². The molecule has 0 bridgehead atoms. The molecule has 1 unspecified atom stereocenters. The molecule has 2 heterocycles. The van der Waals surface area contributed by atoms with E-state index >= 15 is 0 Å². The van der Waals surface area contributed by atoms with Crippen molar-refractivity contribution in [3.05, 3.63) is 156 Å². The maximum Gasteiger partial charge on any atom is 0.0645 e. The Kier molecular flexibility index (Phi) is 5.12. The minimum atomic E-state index is 0.314. The number of fused-ring (bicyclic) bond motifs is 12. The van der Waals surface area contributed by atoms with Crippen LogP contribution in [0.4, 0.5) is 0 Å². The van der Waals surface area contributed by atoms with Crippen LogP contribution < -0.4 is 0 Å². The summed E-state index contributed by atoms with van der Waals surface area (Å²) in [5, 5.41) is 7.93. The van der Waals surface area contributed by atoms with Gasteiger partial charge in [-0.1, -0.05) is 109 Å². The van der Waals surface area contributed by atoms with Crippen molar-refractivity contribution in [2.75, 3.05) is 0 Å². The van der Waals surface area contributed by atoms with Gasteiger partial charge in [0.15, 0.2) is 0 Å². The fourth-order valence-electron chi connectivity index (χ4n) is 7.59. The highest BCUT2D eigenvalue weighted by Crippen LogP contribution is 2.57. The molecule has 0 N–H and O–H groups in total. The molecule has 0 aliphatic heterocycles. The van der Waals surface area contributed by atoms with Crippen molar-refractivity contribution in [1.82, 2.24) is 9.55 Å². The van der Waals surface area contributed by atoms with E-state index in [0.717, 1.165) is 18.5 Å². The zero-order valence-corrected chi connectivity index (χ0v) is 23.2. The van der Waals surface area contributed by atoms with E-state index in [1.807, 2.05) is 18.5 Å². The highest BCUT2D eigenvalue weighted by atomic mass is 15.0. The first-order valence-corrected chi connectivity index (χ1v) is 14.8. The number of nitrogens with zero attached hydrogens (tertiary/aromatic N) is 2. The van der Waals surface area contributed by atoms with Crippen molar-refractivity contribution in [2.45, 2.75) is 18.8 Å². The van der Waals surface area contributed by atoms with Gasteiger partial charge in [-0.15, -0.1) is 0 Å². The summed E-state index contributed by atoms with van der Waals surface area (Å²) >= 11 is 0. The van der Waals surface area contributed by atoms with Gasteiger partial charge in [-0.25, -0.2) is 0 Å². The third kappa shape index (κ3) is 3.30. The summed E-state index contributed by atoms with van der Waals surface area (Å²) in [5.41, 5.74) is 10.7. The van der Waals surface area contributed by atoms with E-state index < -0.39 is 0 Å². The summed E-state index contributed by atoms with van der Waals surface area (Å²) in [7, 11) is 0. The van der Waals surface area contributed by atoms with Crippen LogP contribution in [-0.2, 0) is 6.42 Å². The molecule has 0 saturated heterocycles. The maximum atomic E-state index is 4.53. The van der Waals surface area contributed by atoms with E-state index in [2.05, 4.69) is 131 Å². The monoisotopic (exact) mass is 536 g/mol. The minimum absolute atomic E-state index is 0.314. The second-order valence-electron chi connectivity index (χ2n) is 11.4. The lowest BCUT2D eigenvalue weighted by Gasteiger charge is -2.18. The summed E-state index contributed by atoms with van der Waals surface area (Å²) in [6.45, 7) is 0. The minimum Gasteiger partial charge on any atom is -0.307 e. The van der Waals surface area contributed by atoms with Crippen LogP contribution in [0.2, 0.25) is 0 Å². The van der Waals surface area contributed by atoms with Crippen LogP contribution in [0.1, 0.15) is 29.0 Å². The predicted octanol–water partition coefficient (Wildman–Crippen LogP) is 10.2. The average molecular weight is 537 g/mol. The van der Waals surface area contributed by atoms with Crippen molar-refractivity contribution in [3.8, 4) is 16.8 Å². The van der Waals surface area contributed by atoms with Crippen LogP contribution in [0.25, 0.3) is 60.2 Å². The third-order valence-electron chi connectivity index (χ3n) is 9.27. The topological polar surface area (TPSA) is 17.8 Å². The Hall–Kier alpha value is -5.21. The van der Waals surface area contributed by atoms with E-state index in [9.17, 15) is 0 Å². The van der Waals surface area contributed by atoms with Gasteiger partial charge in [0.25, 0.3) is 0 Å². The normalized spacial score (nSPS) is 14.1. The molecule has 0 amide bonds. The fraction of sp³-hybridized carbons (Fsp3) is 0.0750. The summed E-state index contributed by atoms with van der Waals surface area (Å²) in [6, 6.07) is 46.8. The summed E-state index contributed by atoms with van der Waals surface area (Å²) in [4.78, 5) is 4.53. The number of aryl methyl sites for hydroxylation is 1. The van der Waals surface area contributed by atoms with E-state index in [0.29, 0.717) is 5.92 Å². The van der Waals surface area contributed by atoms with Crippen LogP contribution in [-0.4, -0.2) is 9.55 Å². The van der Waals surface area contributed by atoms with Gasteiger partial charge in [0.1, 0.15) is 0 Å². The summed E-state index contributed by atoms with van der Waals surface area (Å²) < 4.78 is 2.43. The first-order valence-electron chi connectivity index (χ1n) is 14.8. The van der Waals surface area contributed by atoms with Crippen LogP contribution in [0, 0.1) is 0 Å². The molecule has 2 aromatic heterocycles. The molecule has 1 aliphatic carbocycles. The van der Waals surface area contributed by atoms with Gasteiger partial charge in [-0.05, 0) is 75.0 Å². The second-order valence-corrected chi connectivity index (χ2v) is 11.4. The standard InChI is InChI=1S/C40H28N2/c1-2-11-26(12-3-1)20-22-31-32-23-21-27-13-4-5-15-29(27)36(32)39-37(31)30-16-6-7-17-33(30)40-38(39)34-18-8-9-19-35(34)42(40)28-14-10-24-41-25-28/h1-19,21,23-25,31H,20,22H2. The van der Waals surface area contributed by atoms with Gasteiger partial charge in [0.05, 0.1) is 22.9 Å². The number of para-hydroxylation sites is 1. The number of pyridine rings is 1. The Morgan fingerprint density at radius 3 is 2.17 bits per heavy atom. The molecule has 42 heavy (non-hydrogen) atoms. The molecular weight excluding hydrogens is 508 g/mol. The molecule has 6 aromatic carbocycles. The highest BCUT2D eigenvalue weighted by Gasteiger charge is 2.35. The largest absolute Gasteiger partial charge is 0.307 e. The molecule has 1 aliphatic rings. The zero-order chi connectivity index (χ0) is 27.6. The SMILES string of the molecule is c1ccc(CCC2c3ccc4ccccc4c3-c3c2c2ccccc2c2c3c3ccccc3n2-c2cccnc2)cc1. The van der Waals surface area contributed by atoms with Gasteiger partial charge in [0, 0.05) is 28.3 Å². The Morgan fingerprint density at radius 1 is 0.595 bits per heavy atom. The van der Waals surface area contributed by atoms with E-state index in [1.165, 1.54) is 71.2 Å². The van der Waals surface area contributed by atoms with Gasteiger partial charge in [-0.2, -0.15) is 0 Å². The van der Waals surface area contributed by atoms with Crippen LogP contribution >= 0.6 is 0 Å². The Morgan fingerprint density at radius 2 is 1.33 bits per heavy atom. The Labute approximate surface area is 244 Å². The third-order valence-corrected chi connectivity index (χ3v) is 9.27. The first-order chi connectivity index (χ1) is 20.9. The zero-order valence-electron chi connectivity index (χ0n) is 23.2. The molecule has 0 spiro atoms.